The number of carbonyl (C=O) groups excluding carboxylic acids is 2. The highest BCUT2D eigenvalue weighted by atomic mass is 32.2. The van der Waals surface area contributed by atoms with Gasteiger partial charge < -0.3 is 29.9 Å². The van der Waals surface area contributed by atoms with Crippen LogP contribution in [0.25, 0.3) is 0 Å². The number of fused-ring (bicyclic) bond motifs is 1. The fourth-order valence-corrected chi connectivity index (χ4v) is 7.66. The van der Waals surface area contributed by atoms with Crippen LogP contribution in [0.5, 0.6) is 0 Å². The zero-order valence-electron chi connectivity index (χ0n) is 26.9. The summed E-state index contributed by atoms with van der Waals surface area (Å²) in [6, 6.07) is 7.79. The number of benzene rings is 2. The maximum Gasteiger partial charge on any atom is 0.434 e. The first kappa shape index (κ1) is 33.8. The number of ether oxygens (including phenoxy) is 2. The molecular formula is C32H39F2N7O6S. The third-order valence-electron chi connectivity index (χ3n) is 8.87. The molecule has 3 aliphatic rings. The summed E-state index contributed by atoms with van der Waals surface area (Å²) in [5, 5.41) is 10.7. The van der Waals surface area contributed by atoms with Crippen LogP contribution in [0.1, 0.15) is 41.4 Å². The van der Waals surface area contributed by atoms with Gasteiger partial charge in [0, 0.05) is 87.9 Å². The van der Waals surface area contributed by atoms with Gasteiger partial charge in [0.15, 0.2) is 5.82 Å². The number of amides is 1. The first-order valence-electron chi connectivity index (χ1n) is 16.0. The number of carbonyl (C=O) groups is 2. The minimum Gasteiger partial charge on any atom is -0.448 e. The summed E-state index contributed by atoms with van der Waals surface area (Å²) >= 11 is 0. The summed E-state index contributed by atoms with van der Waals surface area (Å²) in [7, 11) is -2.27. The predicted octanol–water partition coefficient (Wildman–Crippen LogP) is 3.51. The summed E-state index contributed by atoms with van der Waals surface area (Å²) in [4.78, 5) is 30.9. The standard InChI is InChI=1S/C32H39F2N7O6S/c1-3-47-32(43)41-29-6-9-40(48(44,45)25-17-21(33)16-22(34)18-25)20-27(29)30(37-41)36-31(42)26-5-4-24(39-12-10-38(2)11-13-39)19-28(26)35-23-7-14-46-15-8-23/h4-5,16-19,23,35H,3,6-15,20H2,1-2H3,(H,36,37,42). The zero-order valence-corrected chi connectivity index (χ0v) is 27.7. The number of rotatable bonds is 8. The Bertz CT molecular complexity index is 1770. The second-order valence-corrected chi connectivity index (χ2v) is 14.0. The Morgan fingerprint density at radius 2 is 1.73 bits per heavy atom. The molecule has 2 N–H and O–H groups in total. The van der Waals surface area contributed by atoms with E-state index in [1.165, 1.54) is 0 Å². The van der Waals surface area contributed by atoms with Crippen LogP contribution in [0, 0.1) is 11.6 Å². The Hall–Kier alpha value is -4.12. The van der Waals surface area contributed by atoms with Crippen molar-refractivity contribution in [3.8, 4) is 0 Å². The molecule has 0 saturated carbocycles. The molecule has 1 amide bonds. The van der Waals surface area contributed by atoms with Crippen LogP contribution in [0.4, 0.5) is 30.8 Å². The molecule has 3 aromatic rings. The maximum atomic E-state index is 14.0. The summed E-state index contributed by atoms with van der Waals surface area (Å²) in [6.45, 7) is 6.05. The van der Waals surface area contributed by atoms with E-state index in [-0.39, 0.29) is 43.5 Å². The molecule has 2 aromatic carbocycles. The average molecular weight is 688 g/mol. The van der Waals surface area contributed by atoms with Crippen LogP contribution in [0.15, 0.2) is 41.3 Å². The van der Waals surface area contributed by atoms with E-state index in [1.807, 2.05) is 12.1 Å². The SMILES string of the molecule is CCOC(=O)n1nc(NC(=O)c2ccc(N3CCN(C)CC3)cc2NC2CCOCC2)c2c1CCN(S(=O)(=O)c1cc(F)cc(F)c1)C2. The van der Waals surface area contributed by atoms with Crippen molar-refractivity contribution >= 4 is 39.2 Å². The highest BCUT2D eigenvalue weighted by Gasteiger charge is 2.35. The van der Waals surface area contributed by atoms with Crippen LogP contribution in [0.3, 0.4) is 0 Å². The lowest BCUT2D eigenvalue weighted by molar-refractivity contribution is 0.0904. The van der Waals surface area contributed by atoms with Gasteiger partial charge in [0.1, 0.15) is 11.6 Å². The molecule has 48 heavy (non-hydrogen) atoms. The largest absolute Gasteiger partial charge is 0.448 e. The first-order chi connectivity index (χ1) is 23.0. The predicted molar refractivity (Wildman–Crippen MR) is 174 cm³/mol. The van der Waals surface area contributed by atoms with Crippen LogP contribution in [-0.4, -0.2) is 105 Å². The Balaban J connectivity index is 1.32. The van der Waals surface area contributed by atoms with E-state index in [1.54, 1.807) is 13.0 Å². The van der Waals surface area contributed by atoms with Crippen LogP contribution >= 0.6 is 0 Å². The lowest BCUT2D eigenvalue weighted by Crippen LogP contribution is -2.44. The molecule has 0 spiro atoms. The van der Waals surface area contributed by atoms with Crippen molar-refractivity contribution in [2.75, 3.05) is 75.1 Å². The maximum absolute atomic E-state index is 14.0. The molecule has 4 heterocycles. The number of nitrogens with one attached hydrogen (secondary N) is 2. The molecule has 6 rings (SSSR count). The molecule has 16 heteroatoms. The Morgan fingerprint density at radius 3 is 2.42 bits per heavy atom. The molecule has 0 radical (unpaired) electrons. The van der Waals surface area contributed by atoms with Crippen molar-refractivity contribution in [3.63, 3.8) is 0 Å². The number of sulfonamides is 1. The van der Waals surface area contributed by atoms with Gasteiger partial charge >= 0.3 is 6.09 Å². The number of anilines is 3. The van der Waals surface area contributed by atoms with E-state index in [4.69, 9.17) is 9.47 Å². The van der Waals surface area contributed by atoms with E-state index < -0.39 is 38.6 Å². The molecule has 0 aliphatic carbocycles. The minimum absolute atomic E-state index is 0.0199. The van der Waals surface area contributed by atoms with E-state index in [2.05, 4.69) is 32.6 Å². The summed E-state index contributed by atoms with van der Waals surface area (Å²) in [5.41, 5.74) is 2.59. The van der Waals surface area contributed by atoms with Gasteiger partial charge in [-0.3, -0.25) is 4.79 Å². The lowest BCUT2D eigenvalue weighted by Gasteiger charge is -2.34. The summed E-state index contributed by atoms with van der Waals surface area (Å²) in [6.07, 6.45) is 0.800. The van der Waals surface area contributed by atoms with Gasteiger partial charge in [-0.25, -0.2) is 22.0 Å². The molecule has 0 atom stereocenters. The molecule has 2 fully saturated rings. The van der Waals surface area contributed by atoms with Crippen LogP contribution in [0.2, 0.25) is 0 Å². The third kappa shape index (κ3) is 7.16. The van der Waals surface area contributed by atoms with Gasteiger partial charge in [-0.1, -0.05) is 0 Å². The molecular weight excluding hydrogens is 648 g/mol. The van der Waals surface area contributed by atoms with E-state index >= 15 is 0 Å². The molecule has 258 valence electrons. The molecule has 1 aromatic heterocycles. The van der Waals surface area contributed by atoms with E-state index in [0.29, 0.717) is 36.2 Å². The number of likely N-dealkylation sites (N-methyl/N-ethyl adjacent to an activating group) is 1. The monoisotopic (exact) mass is 687 g/mol. The van der Waals surface area contributed by atoms with Crippen molar-refractivity contribution in [1.29, 1.82) is 0 Å². The normalized spacial score (nSPS) is 18.0. The third-order valence-corrected chi connectivity index (χ3v) is 10.7. The van der Waals surface area contributed by atoms with Crippen molar-refractivity contribution in [3.05, 3.63) is 64.9 Å². The van der Waals surface area contributed by atoms with Gasteiger partial charge in [-0.05, 0) is 57.1 Å². The first-order valence-corrected chi connectivity index (χ1v) is 17.4. The number of piperazine rings is 1. The van der Waals surface area contributed by atoms with Gasteiger partial charge in [0.05, 0.1) is 22.8 Å². The second-order valence-electron chi connectivity index (χ2n) is 12.1. The summed E-state index contributed by atoms with van der Waals surface area (Å²) < 4.78 is 67.7. The Kier molecular flexibility index (Phi) is 9.96. The van der Waals surface area contributed by atoms with Gasteiger partial charge in [-0.15, -0.1) is 5.10 Å². The van der Waals surface area contributed by atoms with Gasteiger partial charge in [-0.2, -0.15) is 8.99 Å². The molecule has 13 nitrogen and oxygen atoms in total. The Morgan fingerprint density at radius 1 is 1.02 bits per heavy atom. The smallest absolute Gasteiger partial charge is 0.434 e. The van der Waals surface area contributed by atoms with Crippen molar-refractivity contribution in [2.24, 2.45) is 0 Å². The number of halogens is 2. The number of hydrogen-bond donors (Lipinski definition) is 2. The molecule has 3 aliphatic heterocycles. The van der Waals surface area contributed by atoms with Gasteiger partial charge in [0.2, 0.25) is 10.0 Å². The minimum atomic E-state index is -4.35. The highest BCUT2D eigenvalue weighted by Crippen LogP contribution is 2.32. The number of aromatic nitrogens is 2. The fraction of sp³-hybridized carbons (Fsp3) is 0.469. The van der Waals surface area contributed by atoms with Crippen LogP contribution in [-0.2, 0) is 32.5 Å². The summed E-state index contributed by atoms with van der Waals surface area (Å²) in [5.74, 6) is -2.59. The molecule has 0 unspecified atom stereocenters. The lowest BCUT2D eigenvalue weighted by atomic mass is 10.1. The van der Waals surface area contributed by atoms with Crippen molar-refractivity contribution < 1.29 is 36.3 Å². The Labute approximate surface area is 277 Å². The van der Waals surface area contributed by atoms with Crippen molar-refractivity contribution in [2.45, 2.75) is 43.7 Å². The average Bonchev–Trinajstić information content (AvgIpc) is 3.42. The molecule has 2 saturated heterocycles. The van der Waals surface area contributed by atoms with Crippen LogP contribution < -0.4 is 15.5 Å². The quantitative estimate of drug-likeness (QED) is 0.362. The van der Waals surface area contributed by atoms with Crippen molar-refractivity contribution in [1.82, 2.24) is 19.0 Å². The van der Waals surface area contributed by atoms with E-state index in [0.717, 1.165) is 65.8 Å². The zero-order chi connectivity index (χ0) is 34.0. The topological polar surface area (TPSA) is 138 Å². The van der Waals surface area contributed by atoms with E-state index in [9.17, 15) is 26.8 Å². The van der Waals surface area contributed by atoms with Gasteiger partial charge in [0.25, 0.3) is 5.91 Å². The highest BCUT2D eigenvalue weighted by molar-refractivity contribution is 7.89. The number of hydrogen-bond acceptors (Lipinski definition) is 10. The second kappa shape index (κ2) is 14.2. The fourth-order valence-electron chi connectivity index (χ4n) is 6.21. The molecule has 0 bridgehead atoms. The number of nitrogens with zero attached hydrogens (tertiary/aromatic N) is 5.